The second-order valence-electron chi connectivity index (χ2n) is 3.06. The number of benzene rings is 1. The van der Waals surface area contributed by atoms with Crippen LogP contribution in [0.15, 0.2) is 24.3 Å². The van der Waals surface area contributed by atoms with Crippen molar-refractivity contribution < 1.29 is 22.3 Å². The van der Waals surface area contributed by atoms with Gasteiger partial charge >= 0.3 is 6.36 Å². The molecule has 0 aliphatic rings. The Hall–Kier alpha value is -1.14. The average Bonchev–Trinajstić information content (AvgIpc) is 2.18. The lowest BCUT2D eigenvalue weighted by Gasteiger charge is -2.08. The minimum Gasteiger partial charge on any atom is -0.310 e. The van der Waals surface area contributed by atoms with Crippen LogP contribution < -0.4 is 5.32 Å². The van der Waals surface area contributed by atoms with E-state index >= 15 is 0 Å². The van der Waals surface area contributed by atoms with Crippen LogP contribution in [0, 0.1) is 5.82 Å². The van der Waals surface area contributed by atoms with Crippen LogP contribution in [0.1, 0.15) is 5.56 Å². The summed E-state index contributed by atoms with van der Waals surface area (Å²) in [6.07, 6.45) is -4.61. The van der Waals surface area contributed by atoms with E-state index in [4.69, 9.17) is 0 Å². The van der Waals surface area contributed by atoms with Crippen molar-refractivity contribution in [2.75, 3.05) is 13.2 Å². The molecule has 0 saturated heterocycles. The number of alkyl halides is 3. The van der Waals surface area contributed by atoms with E-state index in [0.717, 1.165) is 0 Å². The molecule has 16 heavy (non-hydrogen) atoms. The van der Waals surface area contributed by atoms with E-state index in [1.807, 2.05) is 0 Å². The standard InChI is InChI=1S/C10H11F4NO/c11-9-4-2-1-3-8(9)7-15-5-6-16-10(12,13)14/h1-4,15H,5-7H2. The van der Waals surface area contributed by atoms with Gasteiger partial charge in [0, 0.05) is 18.7 Å². The smallest absolute Gasteiger partial charge is 0.310 e. The Balaban J connectivity index is 2.19. The molecule has 0 heterocycles. The van der Waals surface area contributed by atoms with Crippen LogP contribution in [-0.2, 0) is 11.3 Å². The van der Waals surface area contributed by atoms with Gasteiger partial charge < -0.3 is 5.32 Å². The summed E-state index contributed by atoms with van der Waals surface area (Å²) >= 11 is 0. The summed E-state index contributed by atoms with van der Waals surface area (Å²) in [4.78, 5) is 0. The molecule has 1 aromatic rings. The predicted octanol–water partition coefficient (Wildman–Crippen LogP) is 2.45. The molecule has 0 unspecified atom stereocenters. The van der Waals surface area contributed by atoms with Gasteiger partial charge in [-0.1, -0.05) is 18.2 Å². The van der Waals surface area contributed by atoms with Crippen molar-refractivity contribution in [2.24, 2.45) is 0 Å². The highest BCUT2D eigenvalue weighted by Gasteiger charge is 2.28. The van der Waals surface area contributed by atoms with Gasteiger partial charge in [0.15, 0.2) is 0 Å². The van der Waals surface area contributed by atoms with Crippen molar-refractivity contribution in [3.63, 3.8) is 0 Å². The first kappa shape index (κ1) is 12.9. The average molecular weight is 237 g/mol. The topological polar surface area (TPSA) is 21.3 Å². The van der Waals surface area contributed by atoms with Gasteiger partial charge in [-0.2, -0.15) is 0 Å². The Morgan fingerprint density at radius 3 is 2.50 bits per heavy atom. The lowest BCUT2D eigenvalue weighted by atomic mass is 10.2. The first-order chi connectivity index (χ1) is 7.49. The second kappa shape index (κ2) is 5.81. The Kier molecular flexibility index (Phi) is 4.70. The van der Waals surface area contributed by atoms with E-state index in [1.54, 1.807) is 18.2 Å². The minimum atomic E-state index is -4.61. The van der Waals surface area contributed by atoms with Crippen LogP contribution in [0.4, 0.5) is 17.6 Å². The van der Waals surface area contributed by atoms with Gasteiger partial charge in [-0.15, -0.1) is 13.2 Å². The molecule has 1 N–H and O–H groups in total. The molecule has 6 heteroatoms. The molecule has 0 radical (unpaired) electrons. The predicted molar refractivity (Wildman–Crippen MR) is 50.1 cm³/mol. The monoisotopic (exact) mass is 237 g/mol. The third kappa shape index (κ3) is 5.09. The van der Waals surface area contributed by atoms with E-state index < -0.39 is 13.0 Å². The number of rotatable bonds is 5. The Bertz CT molecular complexity index is 327. The summed E-state index contributed by atoms with van der Waals surface area (Å²) in [6.45, 7) is -0.306. The Morgan fingerprint density at radius 1 is 1.19 bits per heavy atom. The lowest BCUT2D eigenvalue weighted by Crippen LogP contribution is -2.24. The molecule has 0 aliphatic carbocycles. The zero-order chi connectivity index (χ0) is 12.0. The number of ether oxygens (including phenoxy) is 1. The molecule has 0 aliphatic heterocycles. The Labute approximate surface area is 90.2 Å². The maximum absolute atomic E-state index is 13.0. The Morgan fingerprint density at radius 2 is 1.88 bits per heavy atom. The van der Waals surface area contributed by atoms with Crippen molar-refractivity contribution in [3.8, 4) is 0 Å². The molecule has 0 aromatic heterocycles. The van der Waals surface area contributed by atoms with Crippen molar-refractivity contribution in [1.82, 2.24) is 5.32 Å². The van der Waals surface area contributed by atoms with Crippen molar-refractivity contribution in [3.05, 3.63) is 35.6 Å². The summed E-state index contributed by atoms with van der Waals surface area (Å²) in [6, 6.07) is 6.06. The molecule has 1 aromatic carbocycles. The summed E-state index contributed by atoms with van der Waals surface area (Å²) in [5, 5.41) is 2.65. The fraction of sp³-hybridized carbons (Fsp3) is 0.400. The largest absolute Gasteiger partial charge is 0.522 e. The molecule has 90 valence electrons. The van der Waals surface area contributed by atoms with Crippen molar-refractivity contribution in [1.29, 1.82) is 0 Å². The molecule has 0 saturated carbocycles. The third-order valence-electron chi connectivity index (χ3n) is 1.82. The molecule has 0 bridgehead atoms. The molecule has 2 nitrogen and oxygen atoms in total. The highest BCUT2D eigenvalue weighted by molar-refractivity contribution is 5.16. The van der Waals surface area contributed by atoms with E-state index in [2.05, 4.69) is 10.1 Å². The molecular formula is C10H11F4NO. The van der Waals surface area contributed by atoms with Gasteiger partial charge in [-0.25, -0.2) is 4.39 Å². The van der Waals surface area contributed by atoms with E-state index in [0.29, 0.717) is 5.56 Å². The van der Waals surface area contributed by atoms with Crippen molar-refractivity contribution >= 4 is 0 Å². The zero-order valence-electron chi connectivity index (χ0n) is 8.35. The fourth-order valence-corrected chi connectivity index (χ4v) is 1.10. The number of nitrogens with one attached hydrogen (secondary N) is 1. The van der Waals surface area contributed by atoms with Gasteiger partial charge in [-0.05, 0) is 6.07 Å². The summed E-state index contributed by atoms with van der Waals surface area (Å²) in [5.41, 5.74) is 0.412. The molecule has 1 rings (SSSR count). The first-order valence-corrected chi connectivity index (χ1v) is 4.64. The van der Waals surface area contributed by atoms with E-state index in [9.17, 15) is 17.6 Å². The third-order valence-corrected chi connectivity index (χ3v) is 1.82. The molecule has 0 atom stereocenters. The molecule has 0 spiro atoms. The van der Waals surface area contributed by atoms with Gasteiger partial charge in [-0.3, -0.25) is 4.74 Å². The van der Waals surface area contributed by atoms with Gasteiger partial charge in [0.2, 0.25) is 0 Å². The molecule has 0 amide bonds. The van der Waals surface area contributed by atoms with Crippen LogP contribution in [0.3, 0.4) is 0 Å². The van der Waals surface area contributed by atoms with Crippen molar-refractivity contribution in [2.45, 2.75) is 12.9 Å². The van der Waals surface area contributed by atoms with Crippen LogP contribution >= 0.6 is 0 Å². The number of halogens is 4. The van der Waals surface area contributed by atoms with Crippen LogP contribution in [0.5, 0.6) is 0 Å². The zero-order valence-corrected chi connectivity index (χ0v) is 8.35. The van der Waals surface area contributed by atoms with Crippen LogP contribution in [-0.4, -0.2) is 19.5 Å². The highest BCUT2D eigenvalue weighted by Crippen LogP contribution is 2.15. The van der Waals surface area contributed by atoms with Gasteiger partial charge in [0.05, 0.1) is 6.61 Å². The van der Waals surface area contributed by atoms with Crippen LogP contribution in [0.25, 0.3) is 0 Å². The summed E-state index contributed by atoms with van der Waals surface area (Å²) in [5.74, 6) is -0.383. The maximum atomic E-state index is 13.0. The SMILES string of the molecule is Fc1ccccc1CNCCOC(F)(F)F. The summed E-state index contributed by atoms with van der Waals surface area (Å²) in [7, 11) is 0. The van der Waals surface area contributed by atoms with E-state index in [-0.39, 0.29) is 18.9 Å². The number of hydrogen-bond donors (Lipinski definition) is 1. The molecular weight excluding hydrogens is 226 g/mol. The fourth-order valence-electron chi connectivity index (χ4n) is 1.10. The van der Waals surface area contributed by atoms with E-state index in [1.165, 1.54) is 6.07 Å². The lowest BCUT2D eigenvalue weighted by molar-refractivity contribution is -0.323. The second-order valence-corrected chi connectivity index (χ2v) is 3.06. The molecule has 0 fully saturated rings. The summed E-state index contributed by atoms with van der Waals surface area (Å²) < 4.78 is 51.3. The normalized spacial score (nSPS) is 11.8. The first-order valence-electron chi connectivity index (χ1n) is 4.64. The number of hydrogen-bond acceptors (Lipinski definition) is 2. The highest BCUT2D eigenvalue weighted by atomic mass is 19.4. The minimum absolute atomic E-state index is 0.00778. The maximum Gasteiger partial charge on any atom is 0.522 e. The van der Waals surface area contributed by atoms with Gasteiger partial charge in [0.25, 0.3) is 0 Å². The quantitative estimate of drug-likeness (QED) is 0.627. The van der Waals surface area contributed by atoms with Crippen LogP contribution in [0.2, 0.25) is 0 Å². The van der Waals surface area contributed by atoms with Gasteiger partial charge in [0.1, 0.15) is 5.82 Å².